The molecule has 0 aliphatic rings. The van der Waals surface area contributed by atoms with Crippen molar-refractivity contribution in [2.45, 2.75) is 32.7 Å². The molecule has 0 bridgehead atoms. The van der Waals surface area contributed by atoms with Crippen molar-refractivity contribution >= 4 is 11.7 Å². The van der Waals surface area contributed by atoms with Gasteiger partial charge in [0, 0.05) is 5.69 Å². The quantitative estimate of drug-likeness (QED) is 0.352. The van der Waals surface area contributed by atoms with Crippen LogP contribution < -0.4 is 23.5 Å². The highest BCUT2D eigenvalue weighted by Crippen LogP contribution is 2.06. The summed E-state index contributed by atoms with van der Waals surface area (Å²) in [4.78, 5) is 11.6. The van der Waals surface area contributed by atoms with Crippen LogP contribution in [0, 0.1) is 0 Å². The smallest absolute Gasteiger partial charge is 0.338 e. The van der Waals surface area contributed by atoms with Gasteiger partial charge in [0.2, 0.25) is 0 Å². The monoisotopic (exact) mass is 286 g/mol. The van der Waals surface area contributed by atoms with Gasteiger partial charge in [-0.2, -0.15) is 0 Å². The number of rotatable bonds is 7. The minimum atomic E-state index is -0.286. The van der Waals surface area contributed by atoms with Crippen molar-refractivity contribution in [3.63, 3.8) is 0 Å². The fourth-order valence-electron chi connectivity index (χ4n) is 1.78. The van der Waals surface area contributed by atoms with Gasteiger partial charge in [-0.25, -0.2) is 4.79 Å². The van der Waals surface area contributed by atoms with Gasteiger partial charge in [0.05, 0.1) is 11.6 Å². The second-order valence-electron chi connectivity index (χ2n) is 4.55. The van der Waals surface area contributed by atoms with Crippen LogP contribution in [0.15, 0.2) is 24.3 Å². The Labute approximate surface area is 121 Å². The molecule has 1 rings (SSSR count). The van der Waals surface area contributed by atoms with E-state index < -0.39 is 0 Å². The highest BCUT2D eigenvalue weighted by Gasteiger charge is 2.07. The first-order valence-electron chi connectivity index (χ1n) is 6.49. The van der Waals surface area contributed by atoms with E-state index in [4.69, 9.17) is 10.5 Å². The van der Waals surface area contributed by atoms with E-state index in [0.29, 0.717) is 23.9 Å². The van der Waals surface area contributed by atoms with E-state index in [-0.39, 0.29) is 18.4 Å². The van der Waals surface area contributed by atoms with Crippen molar-refractivity contribution in [1.29, 1.82) is 0 Å². The molecule has 0 amide bonds. The Morgan fingerprint density at radius 1 is 1.37 bits per heavy atom. The minimum absolute atomic E-state index is 0. The SMILES string of the molecule is CCCC(C)[NH2+]CCOC(=O)c1ccc(N)cc1.[Cl-]. The maximum atomic E-state index is 11.6. The van der Waals surface area contributed by atoms with E-state index in [1.807, 2.05) is 0 Å². The van der Waals surface area contributed by atoms with E-state index >= 15 is 0 Å². The van der Waals surface area contributed by atoms with Gasteiger partial charge >= 0.3 is 5.97 Å². The highest BCUT2D eigenvalue weighted by molar-refractivity contribution is 5.89. The standard InChI is InChI=1S/C14H22N2O2.ClH/c1-3-4-11(2)16-9-10-18-14(17)12-5-7-13(15)8-6-12;/h5-8,11,16H,3-4,9-10,15H2,1-2H3;1H. The first-order chi connectivity index (χ1) is 8.63. The molecular weight excluding hydrogens is 264 g/mol. The lowest BCUT2D eigenvalue weighted by Gasteiger charge is -2.09. The summed E-state index contributed by atoms with van der Waals surface area (Å²) in [5, 5.41) is 2.21. The lowest BCUT2D eigenvalue weighted by atomic mass is 10.2. The van der Waals surface area contributed by atoms with Crippen LogP contribution in [0.4, 0.5) is 5.69 Å². The van der Waals surface area contributed by atoms with Crippen molar-refractivity contribution < 1.29 is 27.3 Å². The van der Waals surface area contributed by atoms with Crippen LogP contribution in [0.1, 0.15) is 37.0 Å². The minimum Gasteiger partial charge on any atom is -1.00 e. The number of quaternary nitrogens is 1. The fraction of sp³-hybridized carbons (Fsp3) is 0.500. The summed E-state index contributed by atoms with van der Waals surface area (Å²) >= 11 is 0. The number of carbonyl (C=O) groups is 1. The van der Waals surface area contributed by atoms with Gasteiger partial charge in [-0.1, -0.05) is 13.3 Å². The maximum Gasteiger partial charge on any atom is 0.338 e. The third kappa shape index (κ3) is 7.03. The molecule has 0 heterocycles. The van der Waals surface area contributed by atoms with Crippen LogP contribution in [0.5, 0.6) is 0 Å². The zero-order valence-corrected chi connectivity index (χ0v) is 12.3. The van der Waals surface area contributed by atoms with Crippen molar-refractivity contribution in [3.8, 4) is 0 Å². The molecule has 1 aromatic carbocycles. The number of esters is 1. The second kappa shape index (κ2) is 9.64. The van der Waals surface area contributed by atoms with Crippen molar-refractivity contribution in [2.75, 3.05) is 18.9 Å². The first kappa shape index (κ1) is 17.7. The number of benzene rings is 1. The fourth-order valence-corrected chi connectivity index (χ4v) is 1.78. The summed E-state index contributed by atoms with van der Waals surface area (Å²) in [6, 6.07) is 7.35. The van der Waals surface area contributed by atoms with E-state index in [0.717, 1.165) is 6.54 Å². The first-order valence-corrected chi connectivity index (χ1v) is 6.49. The molecular formula is C14H23ClN2O2. The number of ether oxygens (including phenoxy) is 1. The molecule has 0 aliphatic carbocycles. The maximum absolute atomic E-state index is 11.6. The molecule has 0 saturated carbocycles. The molecule has 19 heavy (non-hydrogen) atoms. The van der Waals surface area contributed by atoms with Crippen molar-refractivity contribution in [1.82, 2.24) is 0 Å². The van der Waals surface area contributed by atoms with Gasteiger partial charge in [0.15, 0.2) is 0 Å². The lowest BCUT2D eigenvalue weighted by Crippen LogP contribution is -3.00. The van der Waals surface area contributed by atoms with Crippen LogP contribution in [0.3, 0.4) is 0 Å². The molecule has 108 valence electrons. The zero-order valence-electron chi connectivity index (χ0n) is 11.6. The molecule has 0 saturated heterocycles. The number of nitrogens with two attached hydrogens (primary N) is 2. The zero-order chi connectivity index (χ0) is 13.4. The van der Waals surface area contributed by atoms with Gasteiger partial charge < -0.3 is 28.2 Å². The van der Waals surface area contributed by atoms with Crippen molar-refractivity contribution in [3.05, 3.63) is 29.8 Å². The molecule has 5 heteroatoms. The predicted molar refractivity (Wildman–Crippen MR) is 72.3 cm³/mol. The predicted octanol–water partition coefficient (Wildman–Crippen LogP) is -1.82. The number of anilines is 1. The lowest BCUT2D eigenvalue weighted by molar-refractivity contribution is -0.687. The molecule has 0 aromatic heterocycles. The topological polar surface area (TPSA) is 68.9 Å². The molecule has 1 atom stereocenters. The third-order valence-corrected chi connectivity index (χ3v) is 2.81. The Morgan fingerprint density at radius 3 is 2.58 bits per heavy atom. The number of nitrogen functional groups attached to an aromatic ring is 1. The van der Waals surface area contributed by atoms with Crippen LogP contribution in [-0.2, 0) is 4.74 Å². The van der Waals surface area contributed by atoms with E-state index in [1.165, 1.54) is 12.8 Å². The van der Waals surface area contributed by atoms with Crippen LogP contribution in [-0.4, -0.2) is 25.2 Å². The van der Waals surface area contributed by atoms with E-state index in [2.05, 4.69) is 19.2 Å². The van der Waals surface area contributed by atoms with Crippen LogP contribution in [0.25, 0.3) is 0 Å². The largest absolute Gasteiger partial charge is 1.00 e. The Kier molecular flexibility index (Phi) is 9.00. The Bertz CT molecular complexity index is 368. The van der Waals surface area contributed by atoms with E-state index in [1.54, 1.807) is 24.3 Å². The van der Waals surface area contributed by atoms with Gasteiger partial charge in [-0.05, 0) is 37.6 Å². The normalized spacial score (nSPS) is 11.5. The Balaban J connectivity index is 0.00000324. The number of halogens is 1. The molecule has 0 spiro atoms. The highest BCUT2D eigenvalue weighted by atomic mass is 35.5. The average Bonchev–Trinajstić information content (AvgIpc) is 2.35. The summed E-state index contributed by atoms with van der Waals surface area (Å²) in [6.45, 7) is 5.61. The Morgan fingerprint density at radius 2 is 2.00 bits per heavy atom. The van der Waals surface area contributed by atoms with Crippen LogP contribution >= 0.6 is 0 Å². The summed E-state index contributed by atoms with van der Waals surface area (Å²) in [6.07, 6.45) is 2.37. The van der Waals surface area contributed by atoms with Gasteiger partial charge in [0.25, 0.3) is 0 Å². The molecule has 4 N–H and O–H groups in total. The average molecular weight is 287 g/mol. The number of carbonyl (C=O) groups excluding carboxylic acids is 1. The molecule has 0 radical (unpaired) electrons. The molecule has 4 nitrogen and oxygen atoms in total. The second-order valence-corrected chi connectivity index (χ2v) is 4.55. The number of hydrogen-bond donors (Lipinski definition) is 2. The summed E-state index contributed by atoms with van der Waals surface area (Å²) in [5.41, 5.74) is 6.75. The molecule has 0 fully saturated rings. The molecule has 0 aliphatic heterocycles. The summed E-state index contributed by atoms with van der Waals surface area (Å²) in [5.74, 6) is -0.286. The molecule has 1 aromatic rings. The van der Waals surface area contributed by atoms with E-state index in [9.17, 15) is 4.79 Å². The third-order valence-electron chi connectivity index (χ3n) is 2.81. The van der Waals surface area contributed by atoms with Gasteiger partial charge in [-0.15, -0.1) is 0 Å². The van der Waals surface area contributed by atoms with Gasteiger partial charge in [-0.3, -0.25) is 0 Å². The van der Waals surface area contributed by atoms with Crippen molar-refractivity contribution in [2.24, 2.45) is 0 Å². The van der Waals surface area contributed by atoms with Crippen LogP contribution in [0.2, 0.25) is 0 Å². The Hall–Kier alpha value is -1.26. The molecule has 1 unspecified atom stereocenters. The summed E-state index contributed by atoms with van der Waals surface area (Å²) in [7, 11) is 0. The van der Waals surface area contributed by atoms with Gasteiger partial charge in [0.1, 0.15) is 13.2 Å². The number of hydrogen-bond acceptors (Lipinski definition) is 3. The summed E-state index contributed by atoms with van der Waals surface area (Å²) < 4.78 is 5.19.